The Balaban J connectivity index is 1.80. The van der Waals surface area contributed by atoms with Crippen LogP contribution in [0.5, 0.6) is 0 Å². The molecule has 0 aromatic heterocycles. The van der Waals surface area contributed by atoms with E-state index in [9.17, 15) is 0 Å². The highest BCUT2D eigenvalue weighted by atomic mass is 15.2. The fourth-order valence-corrected chi connectivity index (χ4v) is 3.40. The van der Waals surface area contributed by atoms with Gasteiger partial charge < -0.3 is 15.5 Å². The molecule has 0 atom stereocenters. The van der Waals surface area contributed by atoms with Crippen molar-refractivity contribution in [3.05, 3.63) is 0 Å². The van der Waals surface area contributed by atoms with Crippen molar-refractivity contribution in [2.24, 2.45) is 10.9 Å². The van der Waals surface area contributed by atoms with Crippen molar-refractivity contribution in [3.63, 3.8) is 0 Å². The minimum Gasteiger partial charge on any atom is -0.356 e. The lowest BCUT2D eigenvalue weighted by molar-refractivity contribution is 0.104. The lowest BCUT2D eigenvalue weighted by Crippen LogP contribution is -2.55. The van der Waals surface area contributed by atoms with E-state index in [1.54, 1.807) is 0 Å². The Hall–Kier alpha value is -0.770. The van der Waals surface area contributed by atoms with Gasteiger partial charge >= 0.3 is 0 Å². The van der Waals surface area contributed by atoms with Gasteiger partial charge in [-0.25, -0.2) is 0 Å². The van der Waals surface area contributed by atoms with Crippen LogP contribution in [0.4, 0.5) is 0 Å². The summed E-state index contributed by atoms with van der Waals surface area (Å²) in [7, 11) is 6.31. The van der Waals surface area contributed by atoms with Gasteiger partial charge in [0.25, 0.3) is 0 Å². The summed E-state index contributed by atoms with van der Waals surface area (Å²) < 4.78 is 0. The van der Waals surface area contributed by atoms with Gasteiger partial charge in [-0.3, -0.25) is 4.99 Å². The van der Waals surface area contributed by atoms with Gasteiger partial charge in [-0.15, -0.1) is 0 Å². The summed E-state index contributed by atoms with van der Waals surface area (Å²) in [6.45, 7) is 2.08. The fourth-order valence-electron chi connectivity index (χ4n) is 3.40. The molecule has 0 saturated heterocycles. The van der Waals surface area contributed by atoms with Gasteiger partial charge in [0.05, 0.1) is 0 Å². The van der Waals surface area contributed by atoms with Crippen LogP contribution in [0.3, 0.4) is 0 Å². The summed E-state index contributed by atoms with van der Waals surface area (Å²) in [5.74, 6) is 1.84. The van der Waals surface area contributed by atoms with Crippen molar-refractivity contribution in [1.82, 2.24) is 15.5 Å². The molecule has 20 heavy (non-hydrogen) atoms. The first-order chi connectivity index (χ1) is 9.66. The number of hydrogen-bond acceptors (Lipinski definition) is 2. The third kappa shape index (κ3) is 3.87. The van der Waals surface area contributed by atoms with E-state index in [-0.39, 0.29) is 0 Å². The van der Waals surface area contributed by atoms with E-state index in [1.807, 2.05) is 7.05 Å². The SMILES string of the molecule is CN=C(NCC1CCC1)NCC1(N(C)C)CCCCC1. The zero-order valence-electron chi connectivity index (χ0n) is 13.5. The maximum atomic E-state index is 4.37. The van der Waals surface area contributed by atoms with Crippen LogP contribution in [0.15, 0.2) is 4.99 Å². The molecule has 116 valence electrons. The zero-order valence-corrected chi connectivity index (χ0v) is 13.5. The molecule has 0 bridgehead atoms. The van der Waals surface area contributed by atoms with E-state index in [0.29, 0.717) is 5.54 Å². The molecular weight excluding hydrogens is 248 g/mol. The second-order valence-corrected chi connectivity index (χ2v) is 6.78. The lowest BCUT2D eigenvalue weighted by Gasteiger charge is -2.43. The first-order valence-corrected chi connectivity index (χ1v) is 8.28. The quantitative estimate of drug-likeness (QED) is 0.599. The summed E-state index contributed by atoms with van der Waals surface area (Å²) in [4.78, 5) is 6.78. The Morgan fingerprint density at radius 2 is 1.80 bits per heavy atom. The highest BCUT2D eigenvalue weighted by molar-refractivity contribution is 5.79. The van der Waals surface area contributed by atoms with Gasteiger partial charge in [-0.2, -0.15) is 0 Å². The summed E-state index contributed by atoms with van der Waals surface area (Å²) in [5, 5.41) is 7.05. The van der Waals surface area contributed by atoms with Crippen molar-refractivity contribution in [1.29, 1.82) is 0 Å². The molecule has 2 aliphatic carbocycles. The predicted molar refractivity (Wildman–Crippen MR) is 86.2 cm³/mol. The van der Waals surface area contributed by atoms with E-state index in [0.717, 1.165) is 25.0 Å². The Labute approximate surface area is 124 Å². The highest BCUT2D eigenvalue weighted by Gasteiger charge is 2.34. The molecule has 0 spiro atoms. The molecule has 2 fully saturated rings. The largest absolute Gasteiger partial charge is 0.356 e. The third-order valence-corrected chi connectivity index (χ3v) is 5.32. The van der Waals surface area contributed by atoms with E-state index >= 15 is 0 Å². The number of nitrogens with zero attached hydrogens (tertiary/aromatic N) is 2. The summed E-state index contributed by atoms with van der Waals surface area (Å²) in [5.41, 5.74) is 0.312. The van der Waals surface area contributed by atoms with Gasteiger partial charge in [-0.1, -0.05) is 25.7 Å². The van der Waals surface area contributed by atoms with Crippen LogP contribution in [0.1, 0.15) is 51.4 Å². The second-order valence-electron chi connectivity index (χ2n) is 6.78. The molecule has 0 aromatic rings. The van der Waals surface area contributed by atoms with Crippen molar-refractivity contribution in [2.75, 3.05) is 34.2 Å². The van der Waals surface area contributed by atoms with E-state index < -0.39 is 0 Å². The number of likely N-dealkylation sites (N-methyl/N-ethyl adjacent to an activating group) is 1. The van der Waals surface area contributed by atoms with Crippen LogP contribution in [0, 0.1) is 5.92 Å². The fraction of sp³-hybridized carbons (Fsp3) is 0.938. The average molecular weight is 280 g/mol. The second kappa shape index (κ2) is 7.30. The average Bonchev–Trinajstić information content (AvgIpc) is 2.41. The Bertz CT molecular complexity index is 314. The lowest BCUT2D eigenvalue weighted by atomic mass is 9.80. The normalized spacial score (nSPS) is 23.5. The molecule has 2 rings (SSSR count). The van der Waals surface area contributed by atoms with Crippen LogP contribution < -0.4 is 10.6 Å². The maximum absolute atomic E-state index is 4.37. The van der Waals surface area contributed by atoms with E-state index in [1.165, 1.54) is 51.4 Å². The maximum Gasteiger partial charge on any atom is 0.191 e. The topological polar surface area (TPSA) is 39.7 Å². The zero-order chi connectivity index (χ0) is 14.4. The molecule has 0 heterocycles. The smallest absolute Gasteiger partial charge is 0.191 e. The minimum absolute atomic E-state index is 0.312. The van der Waals surface area contributed by atoms with Crippen molar-refractivity contribution in [2.45, 2.75) is 56.9 Å². The number of aliphatic imine (C=N–C) groups is 1. The van der Waals surface area contributed by atoms with Gasteiger partial charge in [0.1, 0.15) is 0 Å². The van der Waals surface area contributed by atoms with Gasteiger partial charge in [0, 0.05) is 25.7 Å². The van der Waals surface area contributed by atoms with Crippen LogP contribution in [0.2, 0.25) is 0 Å². The summed E-state index contributed by atoms with van der Waals surface area (Å²) >= 11 is 0. The van der Waals surface area contributed by atoms with Crippen molar-refractivity contribution < 1.29 is 0 Å². The van der Waals surface area contributed by atoms with Crippen molar-refractivity contribution in [3.8, 4) is 0 Å². The van der Waals surface area contributed by atoms with E-state index in [4.69, 9.17) is 0 Å². The highest BCUT2D eigenvalue weighted by Crippen LogP contribution is 2.31. The molecular formula is C16H32N4. The van der Waals surface area contributed by atoms with Crippen LogP contribution in [-0.4, -0.2) is 50.6 Å². The Morgan fingerprint density at radius 1 is 1.10 bits per heavy atom. The minimum atomic E-state index is 0.312. The Morgan fingerprint density at radius 3 is 2.30 bits per heavy atom. The molecule has 0 amide bonds. The Kier molecular flexibility index (Phi) is 5.70. The summed E-state index contributed by atoms with van der Waals surface area (Å²) in [6.07, 6.45) is 10.9. The molecule has 2 N–H and O–H groups in total. The monoisotopic (exact) mass is 280 g/mol. The van der Waals surface area contributed by atoms with Crippen LogP contribution >= 0.6 is 0 Å². The summed E-state index contributed by atoms with van der Waals surface area (Å²) in [6, 6.07) is 0. The number of nitrogens with one attached hydrogen (secondary N) is 2. The molecule has 0 aromatic carbocycles. The van der Waals surface area contributed by atoms with Gasteiger partial charge in [0.15, 0.2) is 5.96 Å². The number of hydrogen-bond donors (Lipinski definition) is 2. The van der Waals surface area contributed by atoms with Gasteiger partial charge in [-0.05, 0) is 45.7 Å². The molecule has 2 aliphatic rings. The van der Waals surface area contributed by atoms with Crippen molar-refractivity contribution >= 4 is 5.96 Å². The predicted octanol–water partition coefficient (Wildman–Crippen LogP) is 2.22. The van der Waals surface area contributed by atoms with Crippen LogP contribution in [0.25, 0.3) is 0 Å². The van der Waals surface area contributed by atoms with Gasteiger partial charge in [0.2, 0.25) is 0 Å². The molecule has 4 nitrogen and oxygen atoms in total. The number of rotatable bonds is 5. The number of guanidine groups is 1. The first kappa shape index (κ1) is 15.6. The molecule has 0 unspecified atom stereocenters. The standard InChI is InChI=1S/C16H32N4/c1-17-15(18-12-14-8-7-9-14)19-13-16(20(2)3)10-5-4-6-11-16/h14H,4-13H2,1-3H3,(H2,17,18,19). The van der Waals surface area contributed by atoms with Crippen LogP contribution in [-0.2, 0) is 0 Å². The molecule has 0 radical (unpaired) electrons. The first-order valence-electron chi connectivity index (χ1n) is 8.28. The third-order valence-electron chi connectivity index (χ3n) is 5.32. The molecule has 0 aliphatic heterocycles. The molecule has 4 heteroatoms. The molecule has 2 saturated carbocycles. The van der Waals surface area contributed by atoms with E-state index in [2.05, 4.69) is 34.6 Å².